The number of nitrogens with zero attached hydrogens (tertiary/aromatic N) is 3. The monoisotopic (exact) mass is 2070 g/mol. The number of hydrogen-bond donors (Lipinski definition) is 22. The number of nitrogens with one attached hydrogen (secondary N) is 19. The molecule has 0 bridgehead atoms. The minimum atomic E-state index is -1.81. The summed E-state index contributed by atoms with van der Waals surface area (Å²) in [4.78, 5) is 321. The maximum absolute atomic E-state index is 14.8. The first-order valence-electron chi connectivity index (χ1n) is 48.9. The average molecular weight is 2070 g/mol. The third kappa shape index (κ3) is 39.2. The van der Waals surface area contributed by atoms with Crippen molar-refractivity contribution in [3.8, 4) is 0 Å². The molecule has 3 aliphatic heterocycles. The lowest BCUT2D eigenvalue weighted by Crippen LogP contribution is -2.62. The first-order chi connectivity index (χ1) is 68.7. The number of rotatable bonds is 52. The summed E-state index contributed by atoms with van der Waals surface area (Å²) in [5.41, 5.74) is 10.4. The molecule has 3 aliphatic rings. The van der Waals surface area contributed by atoms with Gasteiger partial charge in [-0.15, -0.1) is 11.8 Å². The Hall–Kier alpha value is -14.0. The summed E-state index contributed by atoms with van der Waals surface area (Å²) < 4.78 is 0. The summed E-state index contributed by atoms with van der Waals surface area (Å²) in [6, 6.07) is -13.2. The molecule has 48 nitrogen and oxygen atoms in total. The van der Waals surface area contributed by atoms with Crippen molar-refractivity contribution in [1.82, 2.24) is 116 Å². The molecule has 49 heteroatoms. The van der Waals surface area contributed by atoms with Crippen LogP contribution >= 0.6 is 11.8 Å². The molecular formula is C97H150N24O24S. The fourth-order valence-corrected chi connectivity index (χ4v) is 15.9. The standard InChI is InChI=1S/C97H150N24O24S/c1-21-52(13)76(95(143)114-68-48-146-43-40-100-92(140)74(50(9)10)115-86(134)65(44-49(7)8)112-89(68)137)117-84(132)60(24-4)106-88(136)67(47-122)105-73(125)46-101-82(130)63(36-38-71(98)123)111-94(142)77(53(14)22-2)118-93(141)75(51(11)12)116-87(135)66(45-58-32-28-27-29-33-58)113-85(133)64(37-39-72(99)124)110-80(128)55(16)102-78(126)54(15)103-83(131)59(23-3)107-91(139)70-35-31-42-121(70)96(144)61(25-5)108-79(127)56(17)104-90(138)69-34-30-41-120(69)97(145)62(26-6)109-81(129)57(18)119(19)20/h23-29,32-33,40,43,49-57,63-70,74-77,122H,21-22,30-31,34-39,41-42,44-48H2,1-20H3,(H2,98,123)(H2,99,124)(H,100,140)(H,101,130)(H,102,126)(H,103,131)(H,104,138)(H,105,125)(H,106,136)(H,107,139)(H,108,127)(H,109,129)(H,110,128)(H,111,142)(H,112,137)(H,113,133)(H,114,143)(H,115,134)(H,116,135)(H,117,132)(H,118,141)/b43-40?,59-23-,60-24-,61-25-,62-26-/t52-,53-,54-,55-,56-,57+,63-,64-,65+,66+,67+,68+,69-,70-,74+,75+,76-,77-/m1/s1. The van der Waals surface area contributed by atoms with E-state index in [4.69, 9.17) is 11.5 Å². The van der Waals surface area contributed by atoms with Crippen molar-refractivity contribution in [2.75, 3.05) is 46.1 Å². The highest BCUT2D eigenvalue weighted by Crippen LogP contribution is 2.24. The van der Waals surface area contributed by atoms with E-state index in [0.29, 0.717) is 24.8 Å². The van der Waals surface area contributed by atoms with Crippen LogP contribution in [-0.4, -0.2) is 298 Å². The van der Waals surface area contributed by atoms with Crippen LogP contribution in [0.15, 0.2) is 89.0 Å². The molecule has 2 fully saturated rings. The number of carbonyl (C=O) groups excluding carboxylic acids is 23. The highest BCUT2D eigenvalue weighted by Gasteiger charge is 2.44. The summed E-state index contributed by atoms with van der Waals surface area (Å²) in [6.45, 7) is 26.3. The fourth-order valence-electron chi connectivity index (χ4n) is 15.2. The van der Waals surface area contributed by atoms with Gasteiger partial charge in [-0.3, -0.25) is 115 Å². The van der Waals surface area contributed by atoms with Crippen LogP contribution in [0.5, 0.6) is 0 Å². The molecule has 18 atom stereocenters. The van der Waals surface area contributed by atoms with Gasteiger partial charge >= 0.3 is 0 Å². The van der Waals surface area contributed by atoms with Crippen molar-refractivity contribution in [1.29, 1.82) is 0 Å². The molecule has 0 radical (unpaired) electrons. The highest BCUT2D eigenvalue weighted by molar-refractivity contribution is 8.02. The second kappa shape index (κ2) is 61.3. The summed E-state index contributed by atoms with van der Waals surface area (Å²) in [5.74, 6) is -22.6. The Morgan fingerprint density at radius 2 is 0.959 bits per heavy atom. The van der Waals surface area contributed by atoms with Gasteiger partial charge in [-0.2, -0.15) is 0 Å². The first kappa shape index (κ1) is 124. The number of likely N-dealkylation sites (tertiary alicyclic amines) is 2. The van der Waals surface area contributed by atoms with Crippen molar-refractivity contribution in [3.63, 3.8) is 0 Å². The molecule has 0 aliphatic carbocycles. The molecule has 808 valence electrons. The Kier molecular flexibility index (Phi) is 52.2. The number of amides is 23. The van der Waals surface area contributed by atoms with Gasteiger partial charge < -0.3 is 127 Å². The van der Waals surface area contributed by atoms with Crippen molar-refractivity contribution >= 4 is 148 Å². The Bertz CT molecular complexity index is 5020. The van der Waals surface area contributed by atoms with Gasteiger partial charge in [0.1, 0.15) is 113 Å². The normalized spacial score (nSPS) is 19.1. The minimum Gasteiger partial charge on any atom is -0.394 e. The van der Waals surface area contributed by atoms with Crippen LogP contribution < -0.4 is 112 Å². The van der Waals surface area contributed by atoms with E-state index >= 15 is 0 Å². The molecule has 3 heterocycles. The smallest absolute Gasteiger partial charge is 0.270 e. The zero-order valence-corrected chi connectivity index (χ0v) is 87.6. The number of allylic oxidation sites excluding steroid dienone is 4. The SMILES string of the molecule is C/C=C(\NC(=O)[C@H](CO)NC(=O)CNC(=O)[C@@H](CCC(N)=O)NC(=O)[C@H](NC(=O)[C@@H](NC(=O)[C@H](Cc1ccccc1)NC(=O)[C@@H](CCC(N)=O)NC(=O)[C@@H](C)NC(=O)[C@@H](C)NC(=O)/C(=C/C)NC(=O)[C@H]1CCCN1C(=O)/C(=C/C)NC(=O)[C@@H](C)NC(=O)[C@H]1CCCN1C(=O)/C(=C/C)NC(=O)[C@H](C)N(C)C)C(C)C)[C@H](C)CC)C(=O)N[C@@H](C(=O)N[C@H]1CSC=CNC(=O)[C@H](C(C)C)NC(=O)[C@H](CC(C)C)NC1=O)[C@H](C)CC. The molecule has 0 aromatic heterocycles. The predicted octanol–water partition coefficient (Wildman–Crippen LogP) is -3.97. The summed E-state index contributed by atoms with van der Waals surface area (Å²) in [7, 11) is 3.40. The van der Waals surface area contributed by atoms with Gasteiger partial charge in [-0.1, -0.05) is 137 Å². The van der Waals surface area contributed by atoms with Crippen LogP contribution in [0.25, 0.3) is 0 Å². The quantitative estimate of drug-likeness (QED) is 0.0277. The van der Waals surface area contributed by atoms with Gasteiger partial charge in [0.15, 0.2) is 0 Å². The number of benzene rings is 1. The zero-order chi connectivity index (χ0) is 110. The van der Waals surface area contributed by atoms with Crippen molar-refractivity contribution in [3.05, 3.63) is 94.6 Å². The Labute approximate surface area is 854 Å². The number of primary amides is 2. The molecule has 0 unspecified atom stereocenters. The van der Waals surface area contributed by atoms with E-state index in [-0.39, 0.29) is 79.9 Å². The second-order valence-corrected chi connectivity index (χ2v) is 38.3. The molecule has 146 heavy (non-hydrogen) atoms. The molecule has 23 amide bonds. The number of likely N-dealkylation sites (N-methyl/N-ethyl adjacent to an activating group) is 1. The van der Waals surface area contributed by atoms with Crippen LogP contribution in [0.4, 0.5) is 0 Å². The number of aliphatic hydroxyl groups excluding tert-OH is 1. The second-order valence-electron chi connectivity index (χ2n) is 37.3. The molecule has 0 saturated carbocycles. The van der Waals surface area contributed by atoms with E-state index in [1.165, 1.54) is 81.2 Å². The van der Waals surface area contributed by atoms with E-state index in [1.807, 2.05) is 13.8 Å². The molecule has 1 aromatic rings. The van der Waals surface area contributed by atoms with E-state index in [9.17, 15) is 115 Å². The number of aliphatic hydroxyl groups is 1. The van der Waals surface area contributed by atoms with Gasteiger partial charge in [0, 0.05) is 44.3 Å². The van der Waals surface area contributed by atoms with Crippen molar-refractivity contribution < 1.29 is 115 Å². The summed E-state index contributed by atoms with van der Waals surface area (Å²) in [6.07, 6.45) is 6.03. The maximum Gasteiger partial charge on any atom is 0.270 e. The van der Waals surface area contributed by atoms with E-state index in [2.05, 4.69) is 101 Å². The molecular weight excluding hydrogens is 1920 g/mol. The number of nitrogens with two attached hydrogens (primary N) is 2. The molecule has 1 aromatic carbocycles. The molecule has 24 N–H and O–H groups in total. The lowest BCUT2D eigenvalue weighted by Gasteiger charge is -2.30. The number of thioether (sulfide) groups is 1. The van der Waals surface area contributed by atoms with Crippen molar-refractivity contribution in [2.24, 2.45) is 41.1 Å². The van der Waals surface area contributed by atoms with Crippen LogP contribution in [0.2, 0.25) is 0 Å². The van der Waals surface area contributed by atoms with Gasteiger partial charge in [-0.25, -0.2) is 0 Å². The van der Waals surface area contributed by atoms with Crippen molar-refractivity contribution in [2.45, 2.75) is 298 Å². The third-order valence-corrected chi connectivity index (χ3v) is 25.5. The largest absolute Gasteiger partial charge is 0.394 e. The third-order valence-electron chi connectivity index (χ3n) is 24.7. The van der Waals surface area contributed by atoms with Gasteiger partial charge in [0.05, 0.1) is 19.2 Å². The minimum absolute atomic E-state index is 0.0257. The summed E-state index contributed by atoms with van der Waals surface area (Å²) >= 11 is 1.06. The molecule has 0 spiro atoms. The van der Waals surface area contributed by atoms with Crippen LogP contribution in [0.1, 0.15) is 201 Å². The summed E-state index contributed by atoms with van der Waals surface area (Å²) in [5, 5.41) is 60.0. The Morgan fingerprint density at radius 1 is 0.486 bits per heavy atom. The van der Waals surface area contributed by atoms with E-state index < -0.39 is 295 Å². The van der Waals surface area contributed by atoms with Crippen LogP contribution in [-0.2, 0) is 117 Å². The zero-order valence-electron chi connectivity index (χ0n) is 86.7. The topological polar surface area (TPSA) is 703 Å². The predicted molar refractivity (Wildman–Crippen MR) is 537 cm³/mol. The molecule has 4 rings (SSSR count). The van der Waals surface area contributed by atoms with E-state index in [0.717, 1.165) is 17.8 Å². The Morgan fingerprint density at radius 3 is 1.48 bits per heavy atom. The van der Waals surface area contributed by atoms with Gasteiger partial charge in [0.2, 0.25) is 112 Å². The first-order valence-corrected chi connectivity index (χ1v) is 50.0. The fraction of sp³-hybridized carbons (Fsp3) is 0.598. The van der Waals surface area contributed by atoms with Crippen LogP contribution in [0, 0.1) is 29.6 Å². The average Bonchev–Trinajstić information content (AvgIpc) is 1.71. The number of hydrogen-bond acceptors (Lipinski definition) is 26. The Balaban J connectivity index is 1.42. The lowest BCUT2D eigenvalue weighted by atomic mass is 9.95. The highest BCUT2D eigenvalue weighted by atomic mass is 32.2. The molecule has 2 saturated heterocycles. The van der Waals surface area contributed by atoms with Gasteiger partial charge in [-0.05, 0) is 155 Å². The maximum atomic E-state index is 14.8. The lowest BCUT2D eigenvalue weighted by molar-refractivity contribution is -0.138. The number of carbonyl (C=O) groups is 23. The van der Waals surface area contributed by atoms with Gasteiger partial charge in [0.25, 0.3) is 23.6 Å². The van der Waals surface area contributed by atoms with Crippen LogP contribution in [0.3, 0.4) is 0 Å². The van der Waals surface area contributed by atoms with E-state index in [1.54, 1.807) is 119 Å².